The zero-order valence-corrected chi connectivity index (χ0v) is 53.8. The Bertz CT molecular complexity index is 3130. The minimum absolute atomic E-state index is 0.000357. The van der Waals surface area contributed by atoms with E-state index in [4.69, 9.17) is 37.9 Å². The third kappa shape index (κ3) is 17.7. The molecule has 0 spiro atoms. The van der Waals surface area contributed by atoms with Crippen molar-refractivity contribution in [3.63, 3.8) is 0 Å². The van der Waals surface area contributed by atoms with E-state index in [0.29, 0.717) is 12.8 Å². The van der Waals surface area contributed by atoms with Gasteiger partial charge in [-0.05, 0) is 83.2 Å². The van der Waals surface area contributed by atoms with E-state index < -0.39 is 186 Å². The Kier molecular flexibility index (Phi) is 25.1. The molecule has 510 valence electrons. The van der Waals surface area contributed by atoms with Gasteiger partial charge in [0.15, 0.2) is 17.2 Å². The molecule has 2 bridgehead atoms. The van der Waals surface area contributed by atoms with E-state index in [0.717, 1.165) is 6.92 Å². The molecular weight excluding hydrogens is 1220 g/mol. The summed E-state index contributed by atoms with van der Waals surface area (Å²) in [6.07, 6.45) is -12.3. The number of alkyl carbamates (subject to hydrolysis) is 1. The second-order valence-electron chi connectivity index (χ2n) is 25.0. The number of carbonyl (C=O) groups is 12. The van der Waals surface area contributed by atoms with Crippen LogP contribution in [0.15, 0.2) is 71.8 Å². The van der Waals surface area contributed by atoms with Crippen LogP contribution in [0.5, 0.6) is 0 Å². The van der Waals surface area contributed by atoms with Gasteiger partial charge in [-0.3, -0.25) is 38.9 Å². The van der Waals surface area contributed by atoms with E-state index in [1.807, 2.05) is 5.32 Å². The number of unbranched alkanes of at least 4 members (excludes halogenated alkanes) is 1. The molecule has 29 nitrogen and oxygen atoms in total. The van der Waals surface area contributed by atoms with Crippen molar-refractivity contribution >= 4 is 71.3 Å². The van der Waals surface area contributed by atoms with Gasteiger partial charge in [-0.25, -0.2) is 24.0 Å². The Morgan fingerprint density at radius 2 is 1.47 bits per heavy atom. The second-order valence-corrected chi connectivity index (χ2v) is 25.0. The Morgan fingerprint density at radius 1 is 0.806 bits per heavy atom. The summed E-state index contributed by atoms with van der Waals surface area (Å²) in [6.45, 7) is 9.73. The van der Waals surface area contributed by atoms with Crippen molar-refractivity contribution < 1.29 is 115 Å². The number of fused-ring (bicyclic) bond motifs is 5. The Hall–Kier alpha value is -8.22. The monoisotopic (exact) mass is 1310 g/mol. The fraction of sp³-hybridized carbons (Fsp3) is 0.594. The van der Waals surface area contributed by atoms with Crippen molar-refractivity contribution in [1.82, 2.24) is 26.6 Å². The smallest absolute Gasteiger partial charge is 0.408 e. The van der Waals surface area contributed by atoms with Crippen LogP contribution in [0.4, 0.5) is 9.59 Å². The molecule has 0 radical (unpaired) electrons. The number of nitrogens with one attached hydrogen (secondary N) is 5. The van der Waals surface area contributed by atoms with Crippen molar-refractivity contribution in [2.75, 3.05) is 59.8 Å². The maximum absolute atomic E-state index is 15.3. The maximum atomic E-state index is 15.3. The molecule has 2 aromatic carbocycles. The average molecular weight is 1310 g/mol. The number of hydrogen-bond acceptors (Lipinski definition) is 24. The maximum Gasteiger partial charge on any atom is 0.408 e. The van der Waals surface area contributed by atoms with Crippen molar-refractivity contribution in [3.8, 4) is 0 Å². The van der Waals surface area contributed by atoms with E-state index in [1.54, 1.807) is 64.1 Å². The van der Waals surface area contributed by atoms with Crippen molar-refractivity contribution in [3.05, 3.63) is 82.9 Å². The molecule has 2 saturated carbocycles. The van der Waals surface area contributed by atoms with Gasteiger partial charge in [0, 0.05) is 45.3 Å². The summed E-state index contributed by atoms with van der Waals surface area (Å²) in [5.74, 6) is -11.4. The van der Waals surface area contributed by atoms with Gasteiger partial charge in [0.1, 0.15) is 61.5 Å². The van der Waals surface area contributed by atoms with E-state index in [9.17, 15) is 63.3 Å². The highest BCUT2D eigenvalue weighted by atomic mass is 16.6. The van der Waals surface area contributed by atoms with Crippen LogP contribution >= 0.6 is 0 Å². The highest BCUT2D eigenvalue weighted by molar-refractivity contribution is 5.97. The SMILES string of the molecule is CCOC(=O)[C@H](CCCCNC(=O)COCC(=O)O[C@@H](C(=O)O[C@H]1C[C@@]2(O)[C@@H](OC(=O)c3ccccc3)[C@@H]3[C@]4(OC(C)=O)CO[C@@H]4C[C@H](O)[C@@]3(C)C(=O)[C@H](O)C(=C1C)C2(C)C)C(NC(=O)OC(C)(C)C)c1ccccc1)CC(=O)CNC(=O)CNC(=O)NC(=O)COC. The van der Waals surface area contributed by atoms with E-state index >= 15 is 9.59 Å². The number of imide groups is 1. The summed E-state index contributed by atoms with van der Waals surface area (Å²) >= 11 is 0. The van der Waals surface area contributed by atoms with Gasteiger partial charge < -0.3 is 79.2 Å². The third-order valence-corrected chi connectivity index (χ3v) is 17.1. The van der Waals surface area contributed by atoms with E-state index in [-0.39, 0.29) is 67.9 Å². The number of ether oxygens (including phenoxy) is 9. The molecular formula is C64H85N5O24. The summed E-state index contributed by atoms with van der Waals surface area (Å²) in [5.41, 5.74) is -9.39. The number of hydrogen-bond donors (Lipinski definition) is 8. The molecule has 6 amide bonds. The predicted octanol–water partition coefficient (Wildman–Crippen LogP) is 1.84. The van der Waals surface area contributed by atoms with Crippen LogP contribution in [0.1, 0.15) is 123 Å². The minimum Gasteiger partial charge on any atom is -0.466 e. The molecule has 2 aromatic rings. The van der Waals surface area contributed by atoms with Crippen LogP contribution in [0.25, 0.3) is 0 Å². The molecule has 3 aliphatic carbocycles. The highest BCUT2D eigenvalue weighted by Crippen LogP contribution is 2.64. The standard InChI is InChI=1S/C64H85N5O24/c1-11-87-55(79)39(26-40(71)29-66-44(73)30-67-58(82)68-46(75)31-85-10)24-18-19-25-65-45(74)32-86-33-47(76)90-51(49(37-20-14-12-15-21-37)69-59(83)93-60(4,5)6)57(81)89-41-28-64(84)54(91-56(80)38-22-16-13-17-23-38)52-62(9,53(78)50(77)48(35(41)2)61(64,7)8)42(72)27-43-63(52,34-88-43)92-36(3)70/h12-17,20-23,39,41-43,49-52,54,72,77,84H,11,18-19,24-34H2,1-10H3,(H,65,74)(H,66,73)(H,69,83)(H2,67,68,75,82)/t39-,41+,42+,43-,49?,50-,51-,52+,54+,62-,63+,64-/m1/s1. The number of esters is 5. The van der Waals surface area contributed by atoms with Crippen LogP contribution < -0.4 is 26.6 Å². The lowest BCUT2D eigenvalue weighted by atomic mass is 9.44. The third-order valence-electron chi connectivity index (χ3n) is 17.1. The Labute approximate surface area is 537 Å². The number of urea groups is 1. The summed E-state index contributed by atoms with van der Waals surface area (Å²) in [7, 11) is 1.25. The highest BCUT2D eigenvalue weighted by Gasteiger charge is 2.78. The van der Waals surface area contributed by atoms with Crippen LogP contribution in [-0.2, 0) is 85.8 Å². The molecule has 3 fully saturated rings. The van der Waals surface area contributed by atoms with Gasteiger partial charge in [-0.1, -0.05) is 68.8 Å². The summed E-state index contributed by atoms with van der Waals surface area (Å²) in [6, 6.07) is 12.8. The number of rotatable bonds is 28. The first kappa shape index (κ1) is 73.8. The Balaban J connectivity index is 1.20. The number of amides is 6. The van der Waals surface area contributed by atoms with Gasteiger partial charge in [0.2, 0.25) is 17.9 Å². The topological polar surface area (TPSA) is 409 Å². The lowest BCUT2D eigenvalue weighted by Gasteiger charge is -2.67. The molecule has 1 saturated heterocycles. The lowest BCUT2D eigenvalue weighted by molar-refractivity contribution is -0.346. The Morgan fingerprint density at radius 3 is 2.09 bits per heavy atom. The van der Waals surface area contributed by atoms with Crippen LogP contribution in [-0.4, -0.2) is 200 Å². The zero-order valence-electron chi connectivity index (χ0n) is 53.8. The largest absolute Gasteiger partial charge is 0.466 e. The number of ketones is 2. The van der Waals surface area contributed by atoms with Crippen LogP contribution in [0.2, 0.25) is 0 Å². The molecule has 8 N–H and O–H groups in total. The zero-order chi connectivity index (χ0) is 68.8. The van der Waals surface area contributed by atoms with Gasteiger partial charge in [-0.2, -0.15) is 0 Å². The molecule has 1 unspecified atom stereocenters. The first-order chi connectivity index (χ1) is 43.7. The normalized spacial score (nSPS) is 25.3. The lowest BCUT2D eigenvalue weighted by Crippen LogP contribution is -2.81. The van der Waals surface area contributed by atoms with Gasteiger partial charge in [0.05, 0.1) is 55.2 Å². The molecule has 12 atom stereocenters. The van der Waals surface area contributed by atoms with Crippen molar-refractivity contribution in [1.29, 1.82) is 0 Å². The molecule has 6 rings (SSSR count). The van der Waals surface area contributed by atoms with E-state index in [1.165, 1.54) is 59.1 Å². The molecule has 29 heteroatoms. The summed E-state index contributed by atoms with van der Waals surface area (Å²) < 4.78 is 51.2. The fourth-order valence-corrected chi connectivity index (χ4v) is 12.5. The fourth-order valence-electron chi connectivity index (χ4n) is 12.5. The van der Waals surface area contributed by atoms with Gasteiger partial charge in [-0.15, -0.1) is 0 Å². The quantitative estimate of drug-likeness (QED) is 0.0261. The summed E-state index contributed by atoms with van der Waals surface area (Å²) in [5, 5.41) is 50.1. The first-order valence-electron chi connectivity index (χ1n) is 30.5. The number of benzene rings is 2. The number of aliphatic hydroxyl groups excluding tert-OH is 2. The summed E-state index contributed by atoms with van der Waals surface area (Å²) in [4.78, 5) is 160. The number of aliphatic hydroxyl groups is 3. The number of methoxy groups -OCH3 is 1. The minimum atomic E-state index is -2.53. The molecule has 1 aliphatic heterocycles. The number of Topliss-reactive ketones (excluding diaryl/α,β-unsaturated/α-hetero) is 2. The molecule has 93 heavy (non-hydrogen) atoms. The van der Waals surface area contributed by atoms with Gasteiger partial charge >= 0.3 is 42.0 Å². The van der Waals surface area contributed by atoms with Crippen molar-refractivity contribution in [2.45, 2.75) is 160 Å². The van der Waals surface area contributed by atoms with Crippen LogP contribution in [0.3, 0.4) is 0 Å². The number of carbonyl (C=O) groups excluding carboxylic acids is 12. The second kappa shape index (κ2) is 31.6. The average Bonchev–Trinajstić information content (AvgIpc) is 0.672. The predicted molar refractivity (Wildman–Crippen MR) is 321 cm³/mol. The van der Waals surface area contributed by atoms with Gasteiger partial charge in [0.25, 0.3) is 5.91 Å². The van der Waals surface area contributed by atoms with Crippen LogP contribution in [0, 0.1) is 22.7 Å². The molecule has 1 heterocycles. The molecule has 0 aromatic heterocycles. The van der Waals surface area contributed by atoms with E-state index in [2.05, 4.69) is 26.0 Å². The van der Waals surface area contributed by atoms with Crippen molar-refractivity contribution in [2.24, 2.45) is 22.7 Å². The molecule has 4 aliphatic rings. The first-order valence-corrected chi connectivity index (χ1v) is 30.5.